The molecular formula is C15H18FNO3. The van der Waals surface area contributed by atoms with Crippen LogP contribution in [0.4, 0.5) is 4.39 Å². The van der Waals surface area contributed by atoms with Gasteiger partial charge < -0.3 is 9.64 Å². The minimum atomic E-state index is -0.324. The average Bonchev–Trinajstić information content (AvgIpc) is 2.44. The molecule has 0 aliphatic heterocycles. The van der Waals surface area contributed by atoms with Gasteiger partial charge in [-0.1, -0.05) is 12.1 Å². The maximum absolute atomic E-state index is 12.7. The van der Waals surface area contributed by atoms with Crippen LogP contribution in [-0.2, 0) is 14.3 Å². The van der Waals surface area contributed by atoms with E-state index in [0.29, 0.717) is 13.2 Å². The zero-order valence-corrected chi connectivity index (χ0v) is 11.6. The van der Waals surface area contributed by atoms with Crippen LogP contribution in [0.25, 0.3) is 6.08 Å². The number of halogens is 1. The standard InChI is InChI=1S/C15H18FNO3/c1-3-20-15(19)10-11-17(2)14(18)9-6-12-4-7-13(16)8-5-12/h4-9H,3,10-11H2,1-2H3. The van der Waals surface area contributed by atoms with Gasteiger partial charge in [0.1, 0.15) is 5.82 Å². The summed E-state index contributed by atoms with van der Waals surface area (Å²) >= 11 is 0. The van der Waals surface area contributed by atoms with Crippen LogP contribution >= 0.6 is 0 Å². The fourth-order valence-corrected chi connectivity index (χ4v) is 1.47. The van der Waals surface area contributed by atoms with E-state index in [9.17, 15) is 14.0 Å². The van der Waals surface area contributed by atoms with Gasteiger partial charge in [0.15, 0.2) is 0 Å². The van der Waals surface area contributed by atoms with Crippen molar-refractivity contribution in [3.8, 4) is 0 Å². The van der Waals surface area contributed by atoms with Gasteiger partial charge in [0, 0.05) is 19.7 Å². The molecule has 1 aromatic rings. The Morgan fingerprint density at radius 3 is 2.55 bits per heavy atom. The van der Waals surface area contributed by atoms with E-state index in [4.69, 9.17) is 4.74 Å². The second kappa shape index (κ2) is 8.09. The highest BCUT2D eigenvalue weighted by molar-refractivity contribution is 5.91. The molecule has 0 fully saturated rings. The predicted octanol–water partition coefficient (Wildman–Crippen LogP) is 2.25. The lowest BCUT2D eigenvalue weighted by Crippen LogP contribution is -2.27. The number of likely N-dealkylation sites (N-methyl/N-ethyl adjacent to an activating group) is 1. The minimum Gasteiger partial charge on any atom is -0.466 e. The molecular weight excluding hydrogens is 261 g/mol. The normalized spacial score (nSPS) is 10.6. The molecule has 0 atom stereocenters. The fraction of sp³-hybridized carbons (Fsp3) is 0.333. The van der Waals surface area contributed by atoms with Crippen molar-refractivity contribution in [1.29, 1.82) is 0 Å². The Bertz CT molecular complexity index is 482. The molecule has 0 saturated heterocycles. The maximum Gasteiger partial charge on any atom is 0.307 e. The van der Waals surface area contributed by atoms with E-state index >= 15 is 0 Å². The van der Waals surface area contributed by atoms with Crippen LogP contribution in [0, 0.1) is 5.82 Å². The molecule has 0 unspecified atom stereocenters. The Labute approximate surface area is 117 Å². The van der Waals surface area contributed by atoms with Gasteiger partial charge in [-0.3, -0.25) is 9.59 Å². The van der Waals surface area contributed by atoms with Crippen LogP contribution in [0.3, 0.4) is 0 Å². The van der Waals surface area contributed by atoms with E-state index in [2.05, 4.69) is 0 Å². The number of ether oxygens (including phenoxy) is 1. The first-order valence-corrected chi connectivity index (χ1v) is 6.37. The molecule has 0 aliphatic carbocycles. The Morgan fingerprint density at radius 2 is 1.95 bits per heavy atom. The van der Waals surface area contributed by atoms with Gasteiger partial charge in [-0.2, -0.15) is 0 Å². The largest absolute Gasteiger partial charge is 0.466 e. The molecule has 4 nitrogen and oxygen atoms in total. The molecule has 0 aromatic heterocycles. The van der Waals surface area contributed by atoms with Crippen LogP contribution in [0.2, 0.25) is 0 Å². The summed E-state index contributed by atoms with van der Waals surface area (Å²) in [5, 5.41) is 0. The maximum atomic E-state index is 12.7. The van der Waals surface area contributed by atoms with Crippen molar-refractivity contribution in [3.63, 3.8) is 0 Å². The van der Waals surface area contributed by atoms with E-state index in [1.165, 1.54) is 23.1 Å². The Hall–Kier alpha value is -2.17. The number of amides is 1. The van der Waals surface area contributed by atoms with E-state index in [-0.39, 0.29) is 24.1 Å². The molecule has 0 spiro atoms. The molecule has 0 saturated carbocycles. The first-order valence-electron chi connectivity index (χ1n) is 6.37. The number of hydrogen-bond donors (Lipinski definition) is 0. The average molecular weight is 279 g/mol. The molecule has 20 heavy (non-hydrogen) atoms. The second-order valence-corrected chi connectivity index (χ2v) is 4.20. The third-order valence-electron chi connectivity index (χ3n) is 2.62. The van der Waals surface area contributed by atoms with Gasteiger partial charge in [-0.15, -0.1) is 0 Å². The predicted molar refractivity (Wildman–Crippen MR) is 74.3 cm³/mol. The fourth-order valence-electron chi connectivity index (χ4n) is 1.47. The molecule has 108 valence electrons. The summed E-state index contributed by atoms with van der Waals surface area (Å²) < 4.78 is 17.5. The highest BCUT2D eigenvalue weighted by atomic mass is 19.1. The molecule has 0 N–H and O–H groups in total. The lowest BCUT2D eigenvalue weighted by molar-refractivity contribution is -0.143. The second-order valence-electron chi connectivity index (χ2n) is 4.20. The summed E-state index contributed by atoms with van der Waals surface area (Å²) in [7, 11) is 1.61. The van der Waals surface area contributed by atoms with Gasteiger partial charge in [0.2, 0.25) is 5.91 Å². The number of carbonyl (C=O) groups is 2. The molecule has 1 aromatic carbocycles. The molecule has 5 heteroatoms. The summed E-state index contributed by atoms with van der Waals surface area (Å²) in [5.41, 5.74) is 0.735. The van der Waals surface area contributed by atoms with Crippen LogP contribution in [0.1, 0.15) is 18.9 Å². The number of benzene rings is 1. The number of rotatable bonds is 6. The first-order chi connectivity index (χ1) is 9.52. The summed E-state index contributed by atoms with van der Waals surface area (Å²) in [6.45, 7) is 2.37. The number of nitrogens with zero attached hydrogens (tertiary/aromatic N) is 1. The first kappa shape index (κ1) is 15.9. The van der Waals surface area contributed by atoms with Gasteiger partial charge in [0.25, 0.3) is 0 Å². The van der Waals surface area contributed by atoms with Crippen LogP contribution in [-0.4, -0.2) is 37.0 Å². The third kappa shape index (κ3) is 5.65. The molecule has 1 amide bonds. The topological polar surface area (TPSA) is 46.6 Å². The number of esters is 1. The van der Waals surface area contributed by atoms with E-state index < -0.39 is 0 Å². The van der Waals surface area contributed by atoms with Gasteiger partial charge in [-0.25, -0.2) is 4.39 Å². The number of hydrogen-bond acceptors (Lipinski definition) is 3. The molecule has 0 heterocycles. The zero-order chi connectivity index (χ0) is 15.0. The van der Waals surface area contributed by atoms with Crippen LogP contribution in [0.5, 0.6) is 0 Å². The van der Waals surface area contributed by atoms with E-state index in [1.807, 2.05) is 0 Å². The Morgan fingerprint density at radius 1 is 1.30 bits per heavy atom. The zero-order valence-electron chi connectivity index (χ0n) is 11.6. The lowest BCUT2D eigenvalue weighted by atomic mass is 10.2. The molecule has 1 rings (SSSR count). The van der Waals surface area contributed by atoms with Crippen molar-refractivity contribution >= 4 is 18.0 Å². The Kier molecular flexibility index (Phi) is 6.43. The van der Waals surface area contributed by atoms with Crippen molar-refractivity contribution in [2.24, 2.45) is 0 Å². The van der Waals surface area contributed by atoms with Crippen molar-refractivity contribution in [3.05, 3.63) is 41.7 Å². The summed E-state index contributed by atoms with van der Waals surface area (Å²) in [6.07, 6.45) is 3.15. The number of carbonyl (C=O) groups excluding carboxylic acids is 2. The third-order valence-corrected chi connectivity index (χ3v) is 2.62. The molecule has 0 radical (unpaired) electrons. The Balaban J connectivity index is 2.45. The van der Waals surface area contributed by atoms with E-state index in [0.717, 1.165) is 5.56 Å². The highest BCUT2D eigenvalue weighted by Crippen LogP contribution is 2.05. The van der Waals surface area contributed by atoms with Crippen molar-refractivity contribution in [2.75, 3.05) is 20.2 Å². The van der Waals surface area contributed by atoms with Crippen LogP contribution in [0.15, 0.2) is 30.3 Å². The van der Waals surface area contributed by atoms with Crippen molar-refractivity contribution < 1.29 is 18.7 Å². The quantitative estimate of drug-likeness (QED) is 0.592. The van der Waals surface area contributed by atoms with E-state index in [1.54, 1.807) is 32.2 Å². The molecule has 0 aliphatic rings. The smallest absolute Gasteiger partial charge is 0.307 e. The van der Waals surface area contributed by atoms with Gasteiger partial charge in [-0.05, 0) is 30.7 Å². The molecule has 0 bridgehead atoms. The van der Waals surface area contributed by atoms with Crippen molar-refractivity contribution in [1.82, 2.24) is 4.90 Å². The van der Waals surface area contributed by atoms with Gasteiger partial charge in [0.05, 0.1) is 13.0 Å². The summed E-state index contributed by atoms with van der Waals surface area (Å²) in [4.78, 5) is 24.4. The summed E-state index contributed by atoms with van der Waals surface area (Å²) in [6, 6.07) is 5.82. The lowest BCUT2D eigenvalue weighted by Gasteiger charge is -2.14. The summed E-state index contributed by atoms with van der Waals surface area (Å²) in [5.74, 6) is -0.867. The minimum absolute atomic E-state index is 0.167. The monoisotopic (exact) mass is 279 g/mol. The van der Waals surface area contributed by atoms with Crippen LogP contribution < -0.4 is 0 Å². The highest BCUT2D eigenvalue weighted by Gasteiger charge is 2.08. The van der Waals surface area contributed by atoms with Crippen molar-refractivity contribution in [2.45, 2.75) is 13.3 Å². The van der Waals surface area contributed by atoms with Gasteiger partial charge >= 0.3 is 5.97 Å². The SMILES string of the molecule is CCOC(=O)CCN(C)C(=O)C=Cc1ccc(F)cc1.